The van der Waals surface area contributed by atoms with Crippen molar-refractivity contribution in [2.24, 2.45) is 0 Å². The fourth-order valence-corrected chi connectivity index (χ4v) is 3.64. The molecule has 0 amide bonds. The van der Waals surface area contributed by atoms with Crippen molar-refractivity contribution in [3.63, 3.8) is 0 Å². The zero-order chi connectivity index (χ0) is 21.8. The number of hydrogen-bond donors (Lipinski definition) is 0. The maximum absolute atomic E-state index is 13.2. The molecule has 4 rings (SSSR count). The molecule has 0 spiro atoms. The lowest BCUT2D eigenvalue weighted by atomic mass is 10.0. The van der Waals surface area contributed by atoms with Gasteiger partial charge < -0.3 is 14.1 Å². The van der Waals surface area contributed by atoms with E-state index >= 15 is 0 Å². The van der Waals surface area contributed by atoms with Gasteiger partial charge in [0.05, 0.1) is 10.9 Å². The van der Waals surface area contributed by atoms with Crippen LogP contribution < -0.4 is 10.2 Å². The van der Waals surface area contributed by atoms with Gasteiger partial charge in [0.1, 0.15) is 23.7 Å². The van der Waals surface area contributed by atoms with Gasteiger partial charge in [0.25, 0.3) is 0 Å². The van der Waals surface area contributed by atoms with E-state index in [2.05, 4.69) is 4.90 Å². The SMILES string of the molecule is CN(C)CCC(Oc1ccc2occ(-c3ccccc3)c(=O)c2c1)c1ccc(Cl)cc1. The number of rotatable bonds is 7. The van der Waals surface area contributed by atoms with Crippen molar-refractivity contribution in [3.8, 4) is 16.9 Å². The van der Waals surface area contributed by atoms with Crippen LogP contribution in [0.5, 0.6) is 5.75 Å². The van der Waals surface area contributed by atoms with E-state index in [1.54, 1.807) is 12.1 Å². The van der Waals surface area contributed by atoms with E-state index in [-0.39, 0.29) is 11.5 Å². The normalized spacial score (nSPS) is 12.3. The highest BCUT2D eigenvalue weighted by Crippen LogP contribution is 2.29. The molecule has 4 aromatic rings. The molecule has 31 heavy (non-hydrogen) atoms. The van der Waals surface area contributed by atoms with Gasteiger partial charge in [-0.1, -0.05) is 54.1 Å². The molecule has 4 nitrogen and oxygen atoms in total. The molecule has 0 bridgehead atoms. The van der Waals surface area contributed by atoms with E-state index in [4.69, 9.17) is 20.8 Å². The van der Waals surface area contributed by atoms with Crippen LogP contribution in [0.2, 0.25) is 5.02 Å². The lowest BCUT2D eigenvalue weighted by molar-refractivity contribution is 0.179. The van der Waals surface area contributed by atoms with Crippen LogP contribution in [0.15, 0.2) is 88.3 Å². The Morgan fingerprint density at radius 2 is 1.74 bits per heavy atom. The Hall–Kier alpha value is -3.08. The van der Waals surface area contributed by atoms with Gasteiger partial charge in [-0.2, -0.15) is 0 Å². The fraction of sp³-hybridized carbons (Fsp3) is 0.192. The topological polar surface area (TPSA) is 42.7 Å². The highest BCUT2D eigenvalue weighted by Gasteiger charge is 2.16. The minimum absolute atomic E-state index is 0.0748. The molecular formula is C26H24ClNO3. The van der Waals surface area contributed by atoms with Gasteiger partial charge in [0.15, 0.2) is 0 Å². The van der Waals surface area contributed by atoms with E-state index < -0.39 is 0 Å². The summed E-state index contributed by atoms with van der Waals surface area (Å²) in [6, 6.07) is 22.6. The molecule has 0 N–H and O–H groups in total. The van der Waals surface area contributed by atoms with Crippen LogP contribution in [-0.4, -0.2) is 25.5 Å². The zero-order valence-corrected chi connectivity index (χ0v) is 18.3. The minimum atomic E-state index is -0.165. The van der Waals surface area contributed by atoms with Crippen LogP contribution >= 0.6 is 11.6 Å². The van der Waals surface area contributed by atoms with Crippen LogP contribution in [0, 0.1) is 0 Å². The first-order chi connectivity index (χ1) is 15.0. The largest absolute Gasteiger partial charge is 0.486 e. The Bertz CT molecular complexity index is 1220. The Morgan fingerprint density at radius 3 is 2.45 bits per heavy atom. The van der Waals surface area contributed by atoms with E-state index in [9.17, 15) is 4.79 Å². The van der Waals surface area contributed by atoms with Gasteiger partial charge in [-0.3, -0.25) is 4.79 Å². The molecule has 0 saturated heterocycles. The van der Waals surface area contributed by atoms with Gasteiger partial charge in [-0.25, -0.2) is 0 Å². The number of fused-ring (bicyclic) bond motifs is 1. The van der Waals surface area contributed by atoms with Gasteiger partial charge in [-0.05, 0) is 55.6 Å². The highest BCUT2D eigenvalue weighted by molar-refractivity contribution is 6.30. The molecule has 1 aromatic heterocycles. The maximum atomic E-state index is 13.2. The first kappa shape index (κ1) is 21.2. The number of nitrogens with zero attached hydrogens (tertiary/aromatic N) is 1. The third kappa shape index (κ3) is 4.98. The Kier molecular flexibility index (Phi) is 6.40. The molecule has 158 valence electrons. The highest BCUT2D eigenvalue weighted by atomic mass is 35.5. The second-order valence-electron chi connectivity index (χ2n) is 7.75. The summed E-state index contributed by atoms with van der Waals surface area (Å²) in [6.07, 6.45) is 2.15. The predicted octanol–water partition coefficient (Wildman–Crippen LogP) is 6.19. The van der Waals surface area contributed by atoms with Crippen LogP contribution in [0.3, 0.4) is 0 Å². The lowest BCUT2D eigenvalue weighted by Crippen LogP contribution is -2.18. The predicted molar refractivity (Wildman–Crippen MR) is 126 cm³/mol. The number of halogens is 1. The van der Waals surface area contributed by atoms with Crippen LogP contribution in [0.1, 0.15) is 18.1 Å². The maximum Gasteiger partial charge on any atom is 0.200 e. The van der Waals surface area contributed by atoms with Crippen molar-refractivity contribution in [3.05, 3.63) is 99.9 Å². The van der Waals surface area contributed by atoms with Crippen molar-refractivity contribution in [2.75, 3.05) is 20.6 Å². The molecule has 0 fully saturated rings. The van der Waals surface area contributed by atoms with Crippen molar-refractivity contribution in [2.45, 2.75) is 12.5 Å². The minimum Gasteiger partial charge on any atom is -0.486 e. The second kappa shape index (κ2) is 9.38. The van der Waals surface area contributed by atoms with Crippen LogP contribution in [0.25, 0.3) is 22.1 Å². The first-order valence-corrected chi connectivity index (χ1v) is 10.6. The second-order valence-corrected chi connectivity index (χ2v) is 8.19. The molecule has 0 aliphatic heterocycles. The van der Waals surface area contributed by atoms with Crippen molar-refractivity contribution in [1.82, 2.24) is 4.90 Å². The van der Waals surface area contributed by atoms with Gasteiger partial charge in [0, 0.05) is 18.0 Å². The monoisotopic (exact) mass is 433 g/mol. The summed E-state index contributed by atoms with van der Waals surface area (Å²) in [5.74, 6) is 0.628. The summed E-state index contributed by atoms with van der Waals surface area (Å²) in [4.78, 5) is 15.3. The third-order valence-corrected chi connectivity index (χ3v) is 5.44. The van der Waals surface area contributed by atoms with E-state index in [1.165, 1.54) is 6.26 Å². The lowest BCUT2D eigenvalue weighted by Gasteiger charge is -2.22. The van der Waals surface area contributed by atoms with E-state index in [0.29, 0.717) is 27.3 Å². The summed E-state index contributed by atoms with van der Waals surface area (Å²) < 4.78 is 12.1. The molecule has 1 atom stereocenters. The molecular weight excluding hydrogens is 410 g/mol. The third-order valence-electron chi connectivity index (χ3n) is 5.19. The van der Waals surface area contributed by atoms with Crippen LogP contribution in [0.4, 0.5) is 0 Å². The van der Waals surface area contributed by atoms with Crippen molar-refractivity contribution in [1.29, 1.82) is 0 Å². The van der Waals surface area contributed by atoms with Gasteiger partial charge in [-0.15, -0.1) is 0 Å². The number of benzene rings is 3. The van der Waals surface area contributed by atoms with Gasteiger partial charge >= 0.3 is 0 Å². The quantitative estimate of drug-likeness (QED) is 0.348. The molecule has 1 unspecified atom stereocenters. The number of hydrogen-bond acceptors (Lipinski definition) is 4. The Morgan fingerprint density at radius 1 is 1.00 bits per heavy atom. The molecule has 1 heterocycles. The molecule has 0 radical (unpaired) electrons. The average molecular weight is 434 g/mol. The van der Waals surface area contributed by atoms with E-state index in [1.807, 2.05) is 74.8 Å². The Balaban J connectivity index is 1.69. The van der Waals surface area contributed by atoms with Crippen molar-refractivity contribution < 1.29 is 9.15 Å². The molecule has 0 aliphatic rings. The van der Waals surface area contributed by atoms with Gasteiger partial charge in [0.2, 0.25) is 5.43 Å². The van der Waals surface area contributed by atoms with E-state index in [0.717, 1.165) is 24.1 Å². The Labute approximate surface area is 186 Å². The summed E-state index contributed by atoms with van der Waals surface area (Å²) >= 11 is 6.06. The summed E-state index contributed by atoms with van der Waals surface area (Å²) in [6.45, 7) is 0.862. The smallest absolute Gasteiger partial charge is 0.200 e. The summed E-state index contributed by atoms with van der Waals surface area (Å²) in [5.41, 5.74) is 2.86. The number of ether oxygens (including phenoxy) is 1. The average Bonchev–Trinajstić information content (AvgIpc) is 2.78. The first-order valence-electron chi connectivity index (χ1n) is 10.2. The van der Waals surface area contributed by atoms with Crippen molar-refractivity contribution >= 4 is 22.6 Å². The fourth-order valence-electron chi connectivity index (χ4n) is 3.51. The summed E-state index contributed by atoms with van der Waals surface area (Å²) in [5, 5.41) is 1.19. The standard InChI is InChI=1S/C26H24ClNO3/c1-28(2)15-14-24(19-8-10-20(27)11-9-19)31-21-12-13-25-22(16-21)26(29)23(17-30-25)18-6-4-3-5-7-18/h3-13,16-17,24H,14-15H2,1-2H3. The van der Waals surface area contributed by atoms with Crippen LogP contribution in [-0.2, 0) is 0 Å². The molecule has 5 heteroatoms. The molecule has 0 saturated carbocycles. The zero-order valence-electron chi connectivity index (χ0n) is 17.5. The molecule has 3 aromatic carbocycles. The summed E-state index contributed by atoms with van der Waals surface area (Å²) in [7, 11) is 4.07. The molecule has 0 aliphatic carbocycles.